The summed E-state index contributed by atoms with van der Waals surface area (Å²) >= 11 is 0. The van der Waals surface area contributed by atoms with Crippen molar-refractivity contribution in [3.8, 4) is 0 Å². The Bertz CT molecular complexity index is 465. The molecule has 0 aliphatic heterocycles. The van der Waals surface area contributed by atoms with Crippen LogP contribution in [0.4, 0.5) is 0 Å². The van der Waals surface area contributed by atoms with Gasteiger partial charge >= 0.3 is 5.97 Å². The Hall–Kier alpha value is -2.10. The number of allylic oxidation sites excluding steroid dienone is 1. The van der Waals surface area contributed by atoms with Crippen molar-refractivity contribution >= 4 is 11.9 Å². The molecule has 0 aliphatic carbocycles. The van der Waals surface area contributed by atoms with Crippen LogP contribution in [0.1, 0.15) is 30.4 Å². The molecule has 1 aromatic rings. The first-order chi connectivity index (χ1) is 9.51. The Morgan fingerprint density at radius 3 is 2.55 bits per heavy atom. The van der Waals surface area contributed by atoms with Crippen LogP contribution in [0.3, 0.4) is 0 Å². The number of nitrogens with one attached hydrogen (secondary N) is 1. The van der Waals surface area contributed by atoms with Crippen LogP contribution in [0, 0.1) is 6.92 Å². The van der Waals surface area contributed by atoms with Crippen LogP contribution in [0.25, 0.3) is 0 Å². The van der Waals surface area contributed by atoms with E-state index >= 15 is 0 Å². The van der Waals surface area contributed by atoms with Crippen LogP contribution in [-0.2, 0) is 16.0 Å². The highest BCUT2D eigenvalue weighted by Gasteiger charge is 2.16. The minimum Gasteiger partial charge on any atom is -0.481 e. The summed E-state index contributed by atoms with van der Waals surface area (Å²) in [7, 11) is 0. The number of hydrogen-bond donors (Lipinski definition) is 2. The minimum absolute atomic E-state index is 0.0757. The number of carbonyl (C=O) groups excluding carboxylic acids is 1. The number of carbonyl (C=O) groups is 2. The summed E-state index contributed by atoms with van der Waals surface area (Å²) in [6.45, 7) is 5.56. The average molecular weight is 275 g/mol. The van der Waals surface area contributed by atoms with E-state index in [1.165, 1.54) is 0 Å². The Balaban J connectivity index is 2.63. The maximum atomic E-state index is 11.7. The second-order valence-electron chi connectivity index (χ2n) is 4.88. The van der Waals surface area contributed by atoms with Crippen molar-refractivity contribution < 1.29 is 14.7 Å². The van der Waals surface area contributed by atoms with Crippen LogP contribution in [0.15, 0.2) is 36.9 Å². The van der Waals surface area contributed by atoms with Gasteiger partial charge in [-0.1, -0.05) is 35.9 Å². The molecule has 0 heterocycles. The summed E-state index contributed by atoms with van der Waals surface area (Å²) in [5, 5.41) is 11.7. The number of hydrogen-bond acceptors (Lipinski definition) is 2. The van der Waals surface area contributed by atoms with Crippen molar-refractivity contribution in [1.29, 1.82) is 0 Å². The highest BCUT2D eigenvalue weighted by molar-refractivity contribution is 5.77. The molecular weight excluding hydrogens is 254 g/mol. The summed E-state index contributed by atoms with van der Waals surface area (Å²) < 4.78 is 0. The molecule has 0 unspecified atom stereocenters. The van der Waals surface area contributed by atoms with E-state index in [9.17, 15) is 9.59 Å². The van der Waals surface area contributed by atoms with E-state index in [0.29, 0.717) is 19.3 Å². The smallest absolute Gasteiger partial charge is 0.305 e. The molecule has 2 N–H and O–H groups in total. The zero-order valence-electron chi connectivity index (χ0n) is 11.8. The zero-order valence-corrected chi connectivity index (χ0v) is 11.8. The van der Waals surface area contributed by atoms with Gasteiger partial charge in [-0.05, 0) is 25.3 Å². The topological polar surface area (TPSA) is 66.4 Å². The number of carboxylic acids is 1. The van der Waals surface area contributed by atoms with Crippen molar-refractivity contribution in [3.05, 3.63) is 48.0 Å². The number of rotatable bonds is 8. The number of amides is 1. The SMILES string of the molecule is C=CCCC(=O)N[C@H](CC(=O)O)Cc1ccc(C)cc1. The van der Waals surface area contributed by atoms with Gasteiger partial charge in [-0.25, -0.2) is 0 Å². The Labute approximate surface area is 119 Å². The molecule has 1 aromatic carbocycles. The van der Waals surface area contributed by atoms with Gasteiger partial charge in [-0.15, -0.1) is 6.58 Å². The lowest BCUT2D eigenvalue weighted by atomic mass is 10.0. The van der Waals surface area contributed by atoms with Gasteiger partial charge in [0.25, 0.3) is 0 Å². The monoisotopic (exact) mass is 275 g/mol. The quantitative estimate of drug-likeness (QED) is 0.716. The lowest BCUT2D eigenvalue weighted by molar-refractivity contribution is -0.137. The number of carboxylic acid groups (broad SMARTS) is 1. The maximum Gasteiger partial charge on any atom is 0.305 e. The molecule has 4 heteroatoms. The van der Waals surface area contributed by atoms with Gasteiger partial charge < -0.3 is 10.4 Å². The van der Waals surface area contributed by atoms with Gasteiger partial charge in [0.05, 0.1) is 6.42 Å². The Kier molecular flexibility index (Phi) is 6.50. The normalized spacial score (nSPS) is 11.7. The highest BCUT2D eigenvalue weighted by atomic mass is 16.4. The lowest BCUT2D eigenvalue weighted by Crippen LogP contribution is -2.37. The Morgan fingerprint density at radius 1 is 1.35 bits per heavy atom. The minimum atomic E-state index is -0.911. The summed E-state index contributed by atoms with van der Waals surface area (Å²) in [4.78, 5) is 22.6. The van der Waals surface area contributed by atoms with Gasteiger partial charge in [-0.3, -0.25) is 9.59 Å². The second-order valence-corrected chi connectivity index (χ2v) is 4.88. The standard InChI is InChI=1S/C16H21NO3/c1-3-4-5-15(18)17-14(11-16(19)20)10-13-8-6-12(2)7-9-13/h3,6-9,14H,1,4-5,10-11H2,2H3,(H,17,18)(H,19,20)/t14-/m0/s1. The van der Waals surface area contributed by atoms with Crippen molar-refractivity contribution in [2.24, 2.45) is 0 Å². The Morgan fingerprint density at radius 2 is 2.00 bits per heavy atom. The van der Waals surface area contributed by atoms with Crippen LogP contribution in [-0.4, -0.2) is 23.0 Å². The van der Waals surface area contributed by atoms with Crippen molar-refractivity contribution in [2.75, 3.05) is 0 Å². The summed E-state index contributed by atoms with van der Waals surface area (Å²) in [6, 6.07) is 7.49. The lowest BCUT2D eigenvalue weighted by Gasteiger charge is -2.17. The fraction of sp³-hybridized carbons (Fsp3) is 0.375. The van der Waals surface area contributed by atoms with Gasteiger partial charge in [-0.2, -0.15) is 0 Å². The van der Waals surface area contributed by atoms with E-state index in [2.05, 4.69) is 11.9 Å². The first-order valence-electron chi connectivity index (χ1n) is 6.69. The van der Waals surface area contributed by atoms with Crippen molar-refractivity contribution in [1.82, 2.24) is 5.32 Å². The fourth-order valence-electron chi connectivity index (χ4n) is 1.93. The summed E-state index contributed by atoms with van der Waals surface area (Å²) in [6.07, 6.45) is 3.05. The molecule has 20 heavy (non-hydrogen) atoms. The molecule has 0 saturated carbocycles. The first kappa shape index (κ1) is 16.0. The molecule has 108 valence electrons. The van der Waals surface area contributed by atoms with Gasteiger partial charge in [0.2, 0.25) is 5.91 Å². The van der Waals surface area contributed by atoms with Crippen LogP contribution in [0.2, 0.25) is 0 Å². The van der Waals surface area contributed by atoms with E-state index < -0.39 is 5.97 Å². The summed E-state index contributed by atoms with van der Waals surface area (Å²) in [5.74, 6) is -1.05. The molecule has 4 nitrogen and oxygen atoms in total. The number of aliphatic carboxylic acids is 1. The average Bonchev–Trinajstić information content (AvgIpc) is 2.38. The van der Waals surface area contributed by atoms with Crippen molar-refractivity contribution in [3.63, 3.8) is 0 Å². The predicted molar refractivity (Wildman–Crippen MR) is 78.5 cm³/mol. The van der Waals surface area contributed by atoms with Gasteiger partial charge in [0.1, 0.15) is 0 Å². The highest BCUT2D eigenvalue weighted by Crippen LogP contribution is 2.09. The molecule has 0 saturated heterocycles. The van der Waals surface area contributed by atoms with Crippen molar-refractivity contribution in [2.45, 2.75) is 38.6 Å². The molecule has 0 radical (unpaired) electrons. The van der Waals surface area contributed by atoms with E-state index in [0.717, 1.165) is 11.1 Å². The van der Waals surface area contributed by atoms with Crippen LogP contribution in [0.5, 0.6) is 0 Å². The first-order valence-corrected chi connectivity index (χ1v) is 6.69. The molecule has 0 aromatic heterocycles. The van der Waals surface area contributed by atoms with Crippen LogP contribution < -0.4 is 5.32 Å². The summed E-state index contributed by atoms with van der Waals surface area (Å²) in [5.41, 5.74) is 2.17. The molecular formula is C16H21NO3. The third-order valence-electron chi connectivity index (χ3n) is 2.96. The van der Waals surface area contributed by atoms with E-state index in [-0.39, 0.29) is 18.4 Å². The predicted octanol–water partition coefficient (Wildman–Crippen LogP) is 2.46. The molecule has 0 bridgehead atoms. The largest absolute Gasteiger partial charge is 0.481 e. The molecule has 0 aliphatic rings. The molecule has 1 amide bonds. The molecule has 1 atom stereocenters. The molecule has 0 fully saturated rings. The van der Waals surface area contributed by atoms with Crippen LogP contribution >= 0.6 is 0 Å². The van der Waals surface area contributed by atoms with E-state index in [1.807, 2.05) is 31.2 Å². The molecule has 1 rings (SSSR count). The number of aryl methyl sites for hydroxylation is 1. The van der Waals surface area contributed by atoms with E-state index in [4.69, 9.17) is 5.11 Å². The third-order valence-corrected chi connectivity index (χ3v) is 2.96. The third kappa shape index (κ3) is 6.18. The number of benzene rings is 1. The molecule has 0 spiro atoms. The van der Waals surface area contributed by atoms with E-state index in [1.54, 1.807) is 6.08 Å². The second kappa shape index (κ2) is 8.15. The maximum absolute atomic E-state index is 11.7. The van der Waals surface area contributed by atoms with Gasteiger partial charge in [0.15, 0.2) is 0 Å². The van der Waals surface area contributed by atoms with Gasteiger partial charge in [0, 0.05) is 12.5 Å². The fourth-order valence-corrected chi connectivity index (χ4v) is 1.93. The zero-order chi connectivity index (χ0) is 15.0.